The van der Waals surface area contributed by atoms with E-state index >= 15 is 0 Å². The number of rotatable bonds is 4. The Bertz CT molecular complexity index is 1050. The van der Waals surface area contributed by atoms with Crippen molar-refractivity contribution in [1.82, 2.24) is 4.31 Å². The van der Waals surface area contributed by atoms with Gasteiger partial charge < -0.3 is 4.90 Å². The second-order valence-electron chi connectivity index (χ2n) is 8.23. The molecule has 7 heteroatoms. The second kappa shape index (κ2) is 8.81. The molecule has 162 valence electrons. The number of aryl methyl sites for hydroxylation is 4. The molecule has 0 N–H and O–H groups in total. The molecule has 0 radical (unpaired) electrons. The van der Waals surface area contributed by atoms with Gasteiger partial charge >= 0.3 is 0 Å². The van der Waals surface area contributed by atoms with Gasteiger partial charge in [-0.05, 0) is 75.4 Å². The Kier molecular flexibility index (Phi) is 6.75. The van der Waals surface area contributed by atoms with Crippen LogP contribution in [0.4, 0.5) is 5.69 Å². The molecule has 5 nitrogen and oxygen atoms in total. The number of carbonyl (C=O) groups is 1. The predicted molar refractivity (Wildman–Crippen MR) is 124 cm³/mol. The van der Waals surface area contributed by atoms with Crippen molar-refractivity contribution in [3.05, 3.63) is 57.1 Å². The van der Waals surface area contributed by atoms with Gasteiger partial charge in [-0.25, -0.2) is 8.42 Å². The van der Waals surface area contributed by atoms with Gasteiger partial charge in [0.05, 0.1) is 4.90 Å². The molecule has 2 aromatic carbocycles. The SMILES string of the molecule is Cc1cc(C)c(S(=O)(=O)N2CCC(C(=O)N(C)c3ccc(Br)cc3C)CC2)c(C)c1. The van der Waals surface area contributed by atoms with Gasteiger partial charge in [-0.15, -0.1) is 0 Å². The molecule has 1 aliphatic heterocycles. The third-order valence-electron chi connectivity index (χ3n) is 5.86. The summed E-state index contributed by atoms with van der Waals surface area (Å²) in [5.74, 6) is -0.134. The third kappa shape index (κ3) is 4.48. The summed E-state index contributed by atoms with van der Waals surface area (Å²) >= 11 is 3.45. The minimum atomic E-state index is -3.57. The molecular formula is C23H29BrN2O3S. The fraction of sp³-hybridized carbons (Fsp3) is 0.435. The lowest BCUT2D eigenvalue weighted by molar-refractivity contribution is -0.123. The molecule has 3 rings (SSSR count). The van der Waals surface area contributed by atoms with E-state index in [9.17, 15) is 13.2 Å². The zero-order valence-electron chi connectivity index (χ0n) is 18.2. The van der Waals surface area contributed by atoms with E-state index in [4.69, 9.17) is 0 Å². The van der Waals surface area contributed by atoms with Crippen LogP contribution in [0.15, 0.2) is 39.7 Å². The minimum absolute atomic E-state index is 0.0418. The number of piperidine rings is 1. The molecule has 0 spiro atoms. The van der Waals surface area contributed by atoms with Gasteiger partial charge in [-0.1, -0.05) is 33.6 Å². The summed E-state index contributed by atoms with van der Waals surface area (Å²) in [7, 11) is -1.78. The minimum Gasteiger partial charge on any atom is -0.315 e. The molecule has 1 saturated heterocycles. The van der Waals surface area contributed by atoms with Gasteiger partial charge in [0.15, 0.2) is 0 Å². The molecule has 2 aromatic rings. The number of amides is 1. The fourth-order valence-electron chi connectivity index (χ4n) is 4.43. The highest BCUT2D eigenvalue weighted by molar-refractivity contribution is 9.10. The second-order valence-corrected chi connectivity index (χ2v) is 11.0. The first-order valence-electron chi connectivity index (χ1n) is 10.1. The Morgan fingerprint density at radius 2 is 1.57 bits per heavy atom. The van der Waals surface area contributed by atoms with Crippen LogP contribution in [0.2, 0.25) is 0 Å². The molecule has 1 amide bonds. The summed E-state index contributed by atoms with van der Waals surface area (Å²) in [5.41, 5.74) is 4.50. The lowest BCUT2D eigenvalue weighted by Crippen LogP contribution is -2.44. The largest absolute Gasteiger partial charge is 0.315 e. The van der Waals surface area contributed by atoms with E-state index in [-0.39, 0.29) is 11.8 Å². The van der Waals surface area contributed by atoms with Gasteiger partial charge in [0.2, 0.25) is 15.9 Å². The maximum atomic E-state index is 13.3. The molecule has 0 aromatic heterocycles. The molecule has 0 atom stereocenters. The van der Waals surface area contributed by atoms with Gasteiger partial charge in [0.1, 0.15) is 0 Å². The molecule has 0 bridgehead atoms. The maximum Gasteiger partial charge on any atom is 0.243 e. The highest BCUT2D eigenvalue weighted by Gasteiger charge is 2.35. The Morgan fingerprint density at radius 1 is 1.00 bits per heavy atom. The number of carbonyl (C=O) groups excluding carboxylic acids is 1. The number of nitrogens with zero attached hydrogens (tertiary/aromatic N) is 2. The Labute approximate surface area is 188 Å². The van der Waals surface area contributed by atoms with Crippen molar-refractivity contribution in [3.63, 3.8) is 0 Å². The van der Waals surface area contributed by atoms with E-state index in [0.717, 1.165) is 32.4 Å². The van der Waals surface area contributed by atoms with Crippen molar-refractivity contribution in [2.75, 3.05) is 25.0 Å². The van der Waals surface area contributed by atoms with Crippen molar-refractivity contribution >= 4 is 37.5 Å². The molecular weight excluding hydrogens is 464 g/mol. The molecule has 1 fully saturated rings. The molecule has 30 heavy (non-hydrogen) atoms. The standard InChI is InChI=1S/C23H29BrN2O3S/c1-15-12-17(3)22(18(4)13-15)30(28,29)26-10-8-19(9-11-26)23(27)25(5)21-7-6-20(24)14-16(21)2/h6-7,12-14,19H,8-11H2,1-5H3. The Morgan fingerprint density at radius 3 is 2.10 bits per heavy atom. The van der Waals surface area contributed by atoms with Gasteiger partial charge in [0, 0.05) is 36.2 Å². The van der Waals surface area contributed by atoms with Gasteiger partial charge in [-0.3, -0.25) is 4.79 Å². The summed E-state index contributed by atoms with van der Waals surface area (Å²) in [4.78, 5) is 15.2. The molecule has 0 saturated carbocycles. The average Bonchev–Trinajstić information content (AvgIpc) is 2.66. The highest BCUT2D eigenvalue weighted by Crippen LogP contribution is 2.31. The molecule has 1 heterocycles. The number of benzene rings is 2. The summed E-state index contributed by atoms with van der Waals surface area (Å²) < 4.78 is 29.1. The van der Waals surface area contributed by atoms with Crippen LogP contribution in [0.1, 0.15) is 35.1 Å². The quantitative estimate of drug-likeness (QED) is 0.618. The average molecular weight is 493 g/mol. The van der Waals surface area contributed by atoms with E-state index in [0.29, 0.717) is 30.8 Å². The van der Waals surface area contributed by atoms with E-state index in [2.05, 4.69) is 15.9 Å². The van der Waals surface area contributed by atoms with Crippen LogP contribution in [0.5, 0.6) is 0 Å². The fourth-order valence-corrected chi connectivity index (χ4v) is 6.79. The van der Waals surface area contributed by atoms with Gasteiger partial charge in [-0.2, -0.15) is 4.31 Å². The van der Waals surface area contributed by atoms with Crippen molar-refractivity contribution in [3.8, 4) is 0 Å². The van der Waals surface area contributed by atoms with Crippen LogP contribution >= 0.6 is 15.9 Å². The van der Waals surface area contributed by atoms with Crippen LogP contribution in [-0.4, -0.2) is 38.8 Å². The van der Waals surface area contributed by atoms with Crippen LogP contribution in [-0.2, 0) is 14.8 Å². The van der Waals surface area contributed by atoms with Crippen LogP contribution in [0, 0.1) is 33.6 Å². The predicted octanol–water partition coefficient (Wildman–Crippen LogP) is 4.75. The third-order valence-corrected chi connectivity index (χ3v) is 8.55. The monoisotopic (exact) mass is 492 g/mol. The summed E-state index contributed by atoms with van der Waals surface area (Å²) in [6.07, 6.45) is 1.06. The summed E-state index contributed by atoms with van der Waals surface area (Å²) in [6.45, 7) is 8.36. The summed E-state index contributed by atoms with van der Waals surface area (Å²) in [5, 5.41) is 0. The van der Waals surface area contributed by atoms with Gasteiger partial charge in [0.25, 0.3) is 0 Å². The first-order chi connectivity index (χ1) is 14.0. The van der Waals surface area contributed by atoms with Crippen molar-refractivity contribution < 1.29 is 13.2 Å². The first kappa shape index (κ1) is 23.0. The Hall–Kier alpha value is -1.70. The topological polar surface area (TPSA) is 57.7 Å². The molecule has 0 aliphatic carbocycles. The lowest BCUT2D eigenvalue weighted by atomic mass is 9.96. The van der Waals surface area contributed by atoms with Crippen LogP contribution in [0.25, 0.3) is 0 Å². The molecule has 1 aliphatic rings. The van der Waals surface area contributed by atoms with Crippen molar-refractivity contribution in [1.29, 1.82) is 0 Å². The number of anilines is 1. The Balaban J connectivity index is 1.73. The van der Waals surface area contributed by atoms with Crippen molar-refractivity contribution in [2.24, 2.45) is 5.92 Å². The smallest absolute Gasteiger partial charge is 0.243 e. The van der Waals surface area contributed by atoms with E-state index in [1.807, 2.05) is 58.0 Å². The zero-order chi connectivity index (χ0) is 22.2. The number of sulfonamides is 1. The number of halogens is 1. The number of hydrogen-bond donors (Lipinski definition) is 0. The van der Waals surface area contributed by atoms with Crippen LogP contribution in [0.3, 0.4) is 0 Å². The maximum absolute atomic E-state index is 13.3. The van der Waals surface area contributed by atoms with E-state index in [1.54, 1.807) is 11.9 Å². The lowest BCUT2D eigenvalue weighted by Gasteiger charge is -2.33. The number of hydrogen-bond acceptors (Lipinski definition) is 3. The van der Waals surface area contributed by atoms with Crippen molar-refractivity contribution in [2.45, 2.75) is 45.4 Å². The normalized spacial score (nSPS) is 15.9. The highest BCUT2D eigenvalue weighted by atomic mass is 79.9. The van der Waals surface area contributed by atoms with E-state index < -0.39 is 10.0 Å². The zero-order valence-corrected chi connectivity index (χ0v) is 20.6. The van der Waals surface area contributed by atoms with Crippen LogP contribution < -0.4 is 4.90 Å². The van der Waals surface area contributed by atoms with E-state index in [1.165, 1.54) is 4.31 Å². The summed E-state index contributed by atoms with van der Waals surface area (Å²) in [6, 6.07) is 9.66. The first-order valence-corrected chi connectivity index (χ1v) is 12.4. The molecule has 0 unspecified atom stereocenters.